The lowest BCUT2D eigenvalue weighted by molar-refractivity contribution is -0.132. The van der Waals surface area contributed by atoms with E-state index in [1.165, 1.54) is 6.07 Å². The lowest BCUT2D eigenvalue weighted by atomic mass is 9.98. The second-order valence-corrected chi connectivity index (χ2v) is 8.76. The summed E-state index contributed by atoms with van der Waals surface area (Å²) in [6.45, 7) is 4.11. The zero-order chi connectivity index (χ0) is 22.2. The van der Waals surface area contributed by atoms with Gasteiger partial charge in [-0.1, -0.05) is 18.2 Å². The standard InChI is InChI=1S/C25H24FN3O3/c26-23-6-5-19-17(2-4-21(19)22(23)13-27)14-28-7-9-29(10-8-28)24(30)12-16-1-3-20-18(11-16)15-32-25(20)31/h1,3,5-6,11,17H,2,4,7-10,12,14-15H2. The van der Waals surface area contributed by atoms with Gasteiger partial charge in [-0.25, -0.2) is 9.18 Å². The number of amides is 1. The van der Waals surface area contributed by atoms with Gasteiger partial charge in [-0.2, -0.15) is 5.26 Å². The number of carbonyl (C=O) groups is 2. The van der Waals surface area contributed by atoms with E-state index in [4.69, 9.17) is 4.74 Å². The van der Waals surface area contributed by atoms with Gasteiger partial charge < -0.3 is 9.64 Å². The van der Waals surface area contributed by atoms with Crippen LogP contribution in [0.25, 0.3) is 0 Å². The molecule has 32 heavy (non-hydrogen) atoms. The number of piperazine rings is 1. The Kier molecular flexibility index (Phi) is 5.40. The third-order valence-corrected chi connectivity index (χ3v) is 6.90. The van der Waals surface area contributed by atoms with E-state index >= 15 is 0 Å². The minimum absolute atomic E-state index is 0.0928. The maximum Gasteiger partial charge on any atom is 0.338 e. The SMILES string of the molecule is N#Cc1c(F)ccc2c1CCC2CN1CCN(C(=O)Cc2ccc3c(c2)COC3=O)CC1. The molecule has 1 atom stereocenters. The molecule has 6 nitrogen and oxygen atoms in total. The molecule has 1 aliphatic carbocycles. The first-order chi connectivity index (χ1) is 15.5. The van der Waals surface area contributed by atoms with Gasteiger partial charge in [-0.3, -0.25) is 9.69 Å². The summed E-state index contributed by atoms with van der Waals surface area (Å²) in [5, 5.41) is 9.28. The van der Waals surface area contributed by atoms with Crippen LogP contribution in [0.3, 0.4) is 0 Å². The van der Waals surface area contributed by atoms with E-state index in [0.29, 0.717) is 31.0 Å². The highest BCUT2D eigenvalue weighted by Crippen LogP contribution is 2.36. The average Bonchev–Trinajstić information content (AvgIpc) is 3.37. The van der Waals surface area contributed by atoms with Crippen LogP contribution < -0.4 is 0 Å². The summed E-state index contributed by atoms with van der Waals surface area (Å²) < 4.78 is 18.9. The molecule has 0 radical (unpaired) electrons. The van der Waals surface area contributed by atoms with Crippen LogP contribution in [-0.4, -0.2) is 54.4 Å². The molecule has 2 heterocycles. The minimum atomic E-state index is -0.429. The first kappa shape index (κ1) is 20.7. The lowest BCUT2D eigenvalue weighted by Gasteiger charge is -2.36. The molecule has 1 fully saturated rings. The Morgan fingerprint density at radius 3 is 2.78 bits per heavy atom. The molecular weight excluding hydrogens is 409 g/mol. The predicted octanol–water partition coefficient (Wildman–Crippen LogP) is 2.78. The zero-order valence-corrected chi connectivity index (χ0v) is 17.8. The van der Waals surface area contributed by atoms with E-state index in [2.05, 4.69) is 4.90 Å². The van der Waals surface area contributed by atoms with E-state index in [9.17, 15) is 19.2 Å². The van der Waals surface area contributed by atoms with Crippen molar-refractivity contribution in [2.75, 3.05) is 32.7 Å². The van der Waals surface area contributed by atoms with E-state index in [1.54, 1.807) is 6.07 Å². The largest absolute Gasteiger partial charge is 0.457 e. The fraction of sp³-hybridized carbons (Fsp3) is 0.400. The van der Waals surface area contributed by atoms with Gasteiger partial charge in [0.1, 0.15) is 18.5 Å². The predicted molar refractivity (Wildman–Crippen MR) is 114 cm³/mol. The van der Waals surface area contributed by atoms with Crippen molar-refractivity contribution >= 4 is 11.9 Å². The van der Waals surface area contributed by atoms with Crippen molar-refractivity contribution in [2.45, 2.75) is 31.8 Å². The lowest BCUT2D eigenvalue weighted by Crippen LogP contribution is -2.49. The van der Waals surface area contributed by atoms with Crippen molar-refractivity contribution in [3.05, 3.63) is 69.5 Å². The van der Waals surface area contributed by atoms with Crippen LogP contribution in [0.4, 0.5) is 4.39 Å². The van der Waals surface area contributed by atoms with Crippen molar-refractivity contribution in [3.8, 4) is 6.07 Å². The number of hydrogen-bond acceptors (Lipinski definition) is 5. The van der Waals surface area contributed by atoms with Crippen LogP contribution in [0.1, 0.15) is 50.5 Å². The molecule has 3 aliphatic rings. The topological polar surface area (TPSA) is 73.6 Å². The average molecular weight is 433 g/mol. The van der Waals surface area contributed by atoms with Crippen LogP contribution >= 0.6 is 0 Å². The molecule has 0 bridgehead atoms. The molecular formula is C25H24FN3O3. The molecule has 0 N–H and O–H groups in total. The summed E-state index contributed by atoms with van der Waals surface area (Å²) in [5.74, 6) is -0.333. The molecule has 1 unspecified atom stereocenters. The van der Waals surface area contributed by atoms with Crippen molar-refractivity contribution in [1.29, 1.82) is 5.26 Å². The first-order valence-electron chi connectivity index (χ1n) is 11.0. The Balaban J connectivity index is 1.16. The number of carbonyl (C=O) groups excluding carboxylic acids is 2. The summed E-state index contributed by atoms with van der Waals surface area (Å²) >= 11 is 0. The van der Waals surface area contributed by atoms with Gasteiger partial charge in [0.2, 0.25) is 5.91 Å². The first-order valence-corrected chi connectivity index (χ1v) is 11.0. The van der Waals surface area contributed by atoms with Gasteiger partial charge in [0.15, 0.2) is 0 Å². The van der Waals surface area contributed by atoms with Crippen molar-refractivity contribution in [1.82, 2.24) is 9.80 Å². The maximum absolute atomic E-state index is 13.9. The van der Waals surface area contributed by atoms with Crippen LogP contribution in [-0.2, 0) is 29.0 Å². The molecule has 2 aliphatic heterocycles. The van der Waals surface area contributed by atoms with Gasteiger partial charge in [0.05, 0.1) is 17.5 Å². The number of cyclic esters (lactones) is 1. The smallest absolute Gasteiger partial charge is 0.338 e. The fourth-order valence-corrected chi connectivity index (χ4v) is 5.15. The Labute approximate surface area is 186 Å². The Morgan fingerprint density at radius 1 is 1.19 bits per heavy atom. The van der Waals surface area contributed by atoms with Crippen LogP contribution in [0.2, 0.25) is 0 Å². The van der Waals surface area contributed by atoms with E-state index in [-0.39, 0.29) is 24.0 Å². The summed E-state index contributed by atoms with van der Waals surface area (Å²) in [5.41, 5.74) is 4.50. The molecule has 1 saturated heterocycles. The highest BCUT2D eigenvalue weighted by Gasteiger charge is 2.30. The van der Waals surface area contributed by atoms with Gasteiger partial charge in [0.25, 0.3) is 0 Å². The normalized spacial score (nSPS) is 19.9. The van der Waals surface area contributed by atoms with Crippen molar-refractivity contribution in [3.63, 3.8) is 0 Å². The highest BCUT2D eigenvalue weighted by atomic mass is 19.1. The van der Waals surface area contributed by atoms with E-state index < -0.39 is 5.82 Å². The van der Waals surface area contributed by atoms with E-state index in [0.717, 1.165) is 54.7 Å². The number of esters is 1. The van der Waals surface area contributed by atoms with Crippen molar-refractivity contribution < 1.29 is 18.7 Å². The Morgan fingerprint density at radius 2 is 2.00 bits per heavy atom. The molecule has 7 heteroatoms. The number of ether oxygens (including phenoxy) is 1. The Bertz CT molecular complexity index is 1130. The Hall–Kier alpha value is -3.24. The van der Waals surface area contributed by atoms with Crippen LogP contribution in [0.5, 0.6) is 0 Å². The monoisotopic (exact) mass is 433 g/mol. The molecule has 1 amide bonds. The molecule has 2 aromatic carbocycles. The molecule has 2 aromatic rings. The summed E-state index contributed by atoms with van der Waals surface area (Å²) in [6, 6.07) is 10.7. The van der Waals surface area contributed by atoms with Crippen molar-refractivity contribution in [2.24, 2.45) is 0 Å². The van der Waals surface area contributed by atoms with Crippen LogP contribution in [0, 0.1) is 17.1 Å². The fourth-order valence-electron chi connectivity index (χ4n) is 5.15. The summed E-state index contributed by atoms with van der Waals surface area (Å²) in [4.78, 5) is 28.6. The summed E-state index contributed by atoms with van der Waals surface area (Å²) in [6.07, 6.45) is 1.99. The second-order valence-electron chi connectivity index (χ2n) is 8.76. The molecule has 5 rings (SSSR count). The second kappa shape index (κ2) is 8.36. The quantitative estimate of drug-likeness (QED) is 0.694. The van der Waals surface area contributed by atoms with Gasteiger partial charge in [-0.05, 0) is 47.6 Å². The molecule has 0 aromatic heterocycles. The number of fused-ring (bicyclic) bond motifs is 2. The number of hydrogen-bond donors (Lipinski definition) is 0. The third kappa shape index (κ3) is 3.76. The van der Waals surface area contributed by atoms with Crippen LogP contribution in [0.15, 0.2) is 30.3 Å². The van der Waals surface area contributed by atoms with Gasteiger partial charge in [-0.15, -0.1) is 0 Å². The van der Waals surface area contributed by atoms with E-state index in [1.807, 2.05) is 29.2 Å². The highest BCUT2D eigenvalue weighted by molar-refractivity contribution is 5.93. The number of nitrogens with zero attached hydrogens (tertiary/aromatic N) is 3. The number of nitriles is 1. The number of halogens is 1. The number of benzene rings is 2. The maximum atomic E-state index is 13.9. The molecule has 0 spiro atoms. The minimum Gasteiger partial charge on any atom is -0.457 e. The van der Waals surface area contributed by atoms with Gasteiger partial charge in [0, 0.05) is 38.3 Å². The van der Waals surface area contributed by atoms with Gasteiger partial charge >= 0.3 is 5.97 Å². The molecule has 0 saturated carbocycles. The third-order valence-electron chi connectivity index (χ3n) is 6.90. The zero-order valence-electron chi connectivity index (χ0n) is 17.8. The molecule has 164 valence electrons. The number of rotatable bonds is 4. The summed E-state index contributed by atoms with van der Waals surface area (Å²) in [7, 11) is 0.